The average molecular weight is 507 g/mol. The Labute approximate surface area is 220 Å². The lowest BCUT2D eigenvalue weighted by Gasteiger charge is -2.26. The van der Waals surface area contributed by atoms with E-state index in [4.69, 9.17) is 5.10 Å². The number of hydrogen-bond acceptors (Lipinski definition) is 7. The molecule has 9 heteroatoms. The van der Waals surface area contributed by atoms with Crippen molar-refractivity contribution in [3.05, 3.63) is 101 Å². The van der Waals surface area contributed by atoms with Gasteiger partial charge in [0.1, 0.15) is 6.54 Å². The van der Waals surface area contributed by atoms with E-state index in [1.165, 1.54) is 14.9 Å². The number of para-hydroxylation sites is 1. The number of benzene rings is 3. The van der Waals surface area contributed by atoms with Gasteiger partial charge in [0.15, 0.2) is 12.1 Å². The van der Waals surface area contributed by atoms with Gasteiger partial charge in [-0.2, -0.15) is 10.2 Å². The van der Waals surface area contributed by atoms with Crippen LogP contribution < -0.4 is 4.90 Å². The topological polar surface area (TPSA) is 98.0 Å². The minimum Gasteiger partial charge on any atom is -0.271 e. The van der Waals surface area contributed by atoms with Crippen molar-refractivity contribution in [2.75, 3.05) is 11.4 Å². The Morgan fingerprint density at radius 2 is 1.53 bits per heavy atom. The largest absolute Gasteiger partial charge is 0.271 e. The van der Waals surface area contributed by atoms with Gasteiger partial charge in [0, 0.05) is 6.42 Å². The van der Waals surface area contributed by atoms with Gasteiger partial charge in [-0.15, -0.1) is 0 Å². The Hall–Kier alpha value is -4.66. The maximum Gasteiger partial charge on any atom is 0.264 e. The second kappa shape index (κ2) is 9.33. The van der Waals surface area contributed by atoms with Crippen LogP contribution in [-0.4, -0.2) is 52.1 Å². The monoisotopic (exact) mass is 506 g/mol. The molecule has 0 spiro atoms. The molecule has 0 aliphatic carbocycles. The fraction of sp³-hybridized carbons (Fsp3) is 0.241. The molecule has 0 radical (unpaired) electrons. The third-order valence-corrected chi connectivity index (χ3v) is 7.28. The van der Waals surface area contributed by atoms with Crippen LogP contribution in [0.2, 0.25) is 0 Å². The highest BCUT2D eigenvalue weighted by Gasteiger charge is 2.55. The average Bonchev–Trinajstić information content (AvgIpc) is 3.62. The van der Waals surface area contributed by atoms with Crippen LogP contribution in [0.5, 0.6) is 0 Å². The molecule has 6 rings (SSSR count). The second-order valence-electron chi connectivity index (χ2n) is 9.73. The van der Waals surface area contributed by atoms with E-state index in [0.717, 1.165) is 28.0 Å². The van der Waals surface area contributed by atoms with Gasteiger partial charge in [0.2, 0.25) is 0 Å². The number of rotatable bonds is 5. The van der Waals surface area contributed by atoms with Gasteiger partial charge < -0.3 is 0 Å². The number of fused-ring (bicyclic) bond motifs is 1. The lowest BCUT2D eigenvalue weighted by Crippen LogP contribution is -2.45. The number of amides is 3. The highest BCUT2D eigenvalue weighted by molar-refractivity contribution is 6.26. The van der Waals surface area contributed by atoms with Gasteiger partial charge in [0.05, 0.1) is 17.4 Å². The molecule has 3 aromatic carbocycles. The van der Waals surface area contributed by atoms with Crippen molar-refractivity contribution in [3.63, 3.8) is 0 Å². The van der Waals surface area contributed by atoms with Crippen molar-refractivity contribution in [1.29, 1.82) is 0 Å². The summed E-state index contributed by atoms with van der Waals surface area (Å²) in [5.41, 5.74) is 4.92. The number of carbonyl (C=O) groups is 3. The Morgan fingerprint density at radius 1 is 0.868 bits per heavy atom. The maximum absolute atomic E-state index is 13.7. The Kier molecular flexibility index (Phi) is 5.83. The number of imide groups is 1. The third kappa shape index (κ3) is 3.87. The Morgan fingerprint density at radius 3 is 2.21 bits per heavy atom. The van der Waals surface area contributed by atoms with Crippen LogP contribution in [0.25, 0.3) is 0 Å². The first kappa shape index (κ1) is 23.7. The molecule has 0 aromatic heterocycles. The first-order valence-electron chi connectivity index (χ1n) is 12.6. The van der Waals surface area contributed by atoms with Crippen LogP contribution in [0.4, 0.5) is 5.69 Å². The van der Waals surface area contributed by atoms with E-state index >= 15 is 0 Å². The number of hydrazone groups is 1. The summed E-state index contributed by atoms with van der Waals surface area (Å²) in [5, 5.41) is 15.7. The van der Waals surface area contributed by atoms with Crippen molar-refractivity contribution >= 4 is 29.1 Å². The summed E-state index contributed by atoms with van der Waals surface area (Å²) >= 11 is 0. The van der Waals surface area contributed by atoms with Gasteiger partial charge in [-0.1, -0.05) is 84.1 Å². The molecule has 3 aliphatic rings. The highest BCUT2D eigenvalue weighted by atomic mass is 16.2. The maximum atomic E-state index is 13.7. The SMILES string of the molecule is Cc1cccc(C)c1N1C(=O)[C@@H]2N=NN(CC(=O)N3N=C(c4ccccc4)C[C@H]3c3ccccc3)[C@H]2C1=O. The summed E-state index contributed by atoms with van der Waals surface area (Å²) in [6.07, 6.45) is 0.561. The molecule has 38 heavy (non-hydrogen) atoms. The predicted octanol–water partition coefficient (Wildman–Crippen LogP) is 3.97. The number of nitrogens with zero attached hydrogens (tertiary/aromatic N) is 6. The van der Waals surface area contributed by atoms with E-state index in [2.05, 4.69) is 10.3 Å². The molecule has 3 aliphatic heterocycles. The lowest BCUT2D eigenvalue weighted by atomic mass is 9.98. The van der Waals surface area contributed by atoms with Gasteiger partial charge in [-0.05, 0) is 36.1 Å². The fourth-order valence-corrected chi connectivity index (χ4v) is 5.42. The first-order chi connectivity index (χ1) is 18.4. The van der Waals surface area contributed by atoms with Gasteiger partial charge in [0.25, 0.3) is 17.7 Å². The van der Waals surface area contributed by atoms with Crippen LogP contribution in [0.1, 0.15) is 34.7 Å². The van der Waals surface area contributed by atoms with E-state index in [0.29, 0.717) is 12.1 Å². The van der Waals surface area contributed by atoms with Crippen molar-refractivity contribution in [2.24, 2.45) is 15.4 Å². The molecule has 3 amide bonds. The Bertz CT molecular complexity index is 1470. The van der Waals surface area contributed by atoms with E-state index in [1.54, 1.807) is 0 Å². The molecule has 3 heterocycles. The van der Waals surface area contributed by atoms with Crippen molar-refractivity contribution in [1.82, 2.24) is 10.0 Å². The molecule has 0 N–H and O–H groups in total. The molecule has 0 unspecified atom stereocenters. The van der Waals surface area contributed by atoms with Crippen molar-refractivity contribution in [2.45, 2.75) is 38.4 Å². The van der Waals surface area contributed by atoms with Crippen molar-refractivity contribution in [3.8, 4) is 0 Å². The van der Waals surface area contributed by atoms with E-state index < -0.39 is 23.9 Å². The molecule has 0 bridgehead atoms. The molecule has 190 valence electrons. The number of aryl methyl sites for hydroxylation is 2. The van der Waals surface area contributed by atoms with Gasteiger partial charge in [-0.3, -0.25) is 19.4 Å². The zero-order chi connectivity index (χ0) is 26.4. The minimum absolute atomic E-state index is 0.223. The van der Waals surface area contributed by atoms with Crippen LogP contribution in [-0.2, 0) is 14.4 Å². The Balaban J connectivity index is 1.27. The zero-order valence-electron chi connectivity index (χ0n) is 21.1. The summed E-state index contributed by atoms with van der Waals surface area (Å²) in [4.78, 5) is 41.6. The highest BCUT2D eigenvalue weighted by Crippen LogP contribution is 2.36. The number of carbonyl (C=O) groups excluding carboxylic acids is 3. The summed E-state index contributed by atoms with van der Waals surface area (Å²) in [6, 6.07) is 22.9. The predicted molar refractivity (Wildman–Crippen MR) is 141 cm³/mol. The molecule has 9 nitrogen and oxygen atoms in total. The van der Waals surface area contributed by atoms with Gasteiger partial charge >= 0.3 is 0 Å². The molecule has 3 atom stereocenters. The molecular weight excluding hydrogens is 480 g/mol. The summed E-state index contributed by atoms with van der Waals surface area (Å²) in [5.74, 6) is -1.18. The fourth-order valence-electron chi connectivity index (χ4n) is 5.42. The molecule has 1 fully saturated rings. The smallest absolute Gasteiger partial charge is 0.264 e. The zero-order valence-corrected chi connectivity index (χ0v) is 21.1. The molecule has 0 saturated carbocycles. The first-order valence-corrected chi connectivity index (χ1v) is 12.6. The lowest BCUT2D eigenvalue weighted by molar-refractivity contribution is -0.135. The van der Waals surface area contributed by atoms with Crippen LogP contribution in [0.15, 0.2) is 94.3 Å². The van der Waals surface area contributed by atoms with Crippen LogP contribution >= 0.6 is 0 Å². The van der Waals surface area contributed by atoms with Crippen molar-refractivity contribution < 1.29 is 14.4 Å². The van der Waals surface area contributed by atoms with Crippen LogP contribution in [0.3, 0.4) is 0 Å². The number of anilines is 1. The van der Waals surface area contributed by atoms with Gasteiger partial charge in [-0.25, -0.2) is 9.91 Å². The van der Waals surface area contributed by atoms with E-state index in [-0.39, 0.29) is 18.5 Å². The summed E-state index contributed by atoms with van der Waals surface area (Å²) in [6.45, 7) is 3.50. The van der Waals surface area contributed by atoms with E-state index in [9.17, 15) is 14.4 Å². The quantitative estimate of drug-likeness (QED) is 0.489. The second-order valence-corrected chi connectivity index (χ2v) is 9.73. The molecule has 3 aromatic rings. The third-order valence-electron chi connectivity index (χ3n) is 7.28. The molecular formula is C29H26N6O3. The van der Waals surface area contributed by atoms with Crippen LogP contribution in [0, 0.1) is 13.8 Å². The molecule has 1 saturated heterocycles. The normalized spacial score (nSPS) is 22.3. The minimum atomic E-state index is -0.971. The summed E-state index contributed by atoms with van der Waals surface area (Å²) in [7, 11) is 0. The summed E-state index contributed by atoms with van der Waals surface area (Å²) < 4.78 is 0. The standard InChI is InChI=1S/C29H26N6O3/c1-18-10-9-11-19(2)26(18)34-28(37)25-27(29(34)38)33(32-30-25)17-24(36)35-23(21-14-7-4-8-15-21)16-22(31-35)20-12-5-3-6-13-20/h3-15,23,25,27H,16-17H2,1-2H3/t23-,25+,27+/m0/s1. The number of hydrogen-bond donors (Lipinski definition) is 0. The van der Waals surface area contributed by atoms with E-state index in [1.807, 2.05) is 92.7 Å².